The number of fused-ring (bicyclic) bond motifs is 1. The average molecular weight is 485 g/mol. The Bertz CT molecular complexity index is 1240. The number of aromatic nitrogens is 1. The van der Waals surface area contributed by atoms with Gasteiger partial charge in [0.2, 0.25) is 5.56 Å². The van der Waals surface area contributed by atoms with E-state index in [-0.39, 0.29) is 33.8 Å². The summed E-state index contributed by atoms with van der Waals surface area (Å²) in [4.78, 5) is 17.6. The third kappa shape index (κ3) is 5.04. The molecule has 5 nitrogen and oxygen atoms in total. The Balaban J connectivity index is 2.05. The third-order valence-corrected chi connectivity index (χ3v) is 5.72. The first-order chi connectivity index (χ1) is 15.5. The first-order valence-electron chi connectivity index (χ1n) is 9.99. The Labute approximate surface area is 191 Å². The first-order valence-corrected chi connectivity index (χ1v) is 10.4. The van der Waals surface area contributed by atoms with E-state index in [2.05, 4.69) is 9.98 Å². The van der Waals surface area contributed by atoms with Crippen LogP contribution in [0.3, 0.4) is 0 Å². The average Bonchev–Trinajstić information content (AvgIpc) is 2.76. The number of aromatic amines is 1. The van der Waals surface area contributed by atoms with Gasteiger partial charge in [0.1, 0.15) is 11.6 Å². The Hall–Kier alpha value is -2.91. The predicted octanol–water partition coefficient (Wildman–Crippen LogP) is 5.91. The molecule has 0 aliphatic rings. The molecule has 2 N–H and O–H groups in total. The molecule has 1 heterocycles. The molecule has 0 saturated heterocycles. The number of hydrogen-bond donors (Lipinski definition) is 2. The number of H-pyrrole nitrogens is 1. The van der Waals surface area contributed by atoms with Crippen molar-refractivity contribution in [2.75, 3.05) is 7.11 Å². The van der Waals surface area contributed by atoms with E-state index in [0.717, 1.165) is 12.1 Å². The molecule has 0 aliphatic carbocycles. The summed E-state index contributed by atoms with van der Waals surface area (Å²) in [6.45, 7) is 1.68. The number of methoxy groups -OCH3 is 1. The Morgan fingerprint density at radius 3 is 2.58 bits per heavy atom. The highest BCUT2D eigenvalue weighted by atomic mass is 35.5. The summed E-state index contributed by atoms with van der Waals surface area (Å²) >= 11 is 6.12. The maximum absolute atomic E-state index is 14.0. The van der Waals surface area contributed by atoms with Crippen molar-refractivity contribution in [2.45, 2.75) is 37.5 Å². The van der Waals surface area contributed by atoms with Crippen molar-refractivity contribution < 1.29 is 27.4 Å². The fourth-order valence-electron chi connectivity index (χ4n) is 3.64. The number of aliphatic hydroxyl groups is 1. The van der Waals surface area contributed by atoms with E-state index in [9.17, 15) is 27.5 Å². The van der Waals surface area contributed by atoms with E-state index in [1.165, 1.54) is 19.2 Å². The topological polar surface area (TPSA) is 74.7 Å². The number of hydrogen-bond acceptors (Lipinski definition) is 4. The van der Waals surface area contributed by atoms with E-state index in [1.807, 2.05) is 0 Å². The van der Waals surface area contributed by atoms with Gasteiger partial charge in [-0.15, -0.1) is 0 Å². The lowest BCUT2D eigenvalue weighted by Gasteiger charge is -2.31. The summed E-state index contributed by atoms with van der Waals surface area (Å²) in [6.07, 6.45) is -5.14. The number of ether oxygens (including phenoxy) is 1. The van der Waals surface area contributed by atoms with Crippen LogP contribution in [-0.2, 0) is 0 Å². The molecule has 176 valence electrons. The van der Waals surface area contributed by atoms with Gasteiger partial charge in [-0.1, -0.05) is 30.7 Å². The summed E-state index contributed by atoms with van der Waals surface area (Å²) in [6, 6.07) is 9.24. The molecule has 2 aromatic carbocycles. The summed E-state index contributed by atoms with van der Waals surface area (Å²) < 4.78 is 61.3. The lowest BCUT2D eigenvalue weighted by atomic mass is 9.84. The van der Waals surface area contributed by atoms with Crippen LogP contribution >= 0.6 is 11.6 Å². The minimum atomic E-state index is -5.06. The van der Waals surface area contributed by atoms with Crippen LogP contribution in [0.5, 0.6) is 5.75 Å². The number of benzene rings is 2. The molecular weight excluding hydrogens is 464 g/mol. The van der Waals surface area contributed by atoms with Gasteiger partial charge in [0.15, 0.2) is 5.60 Å². The van der Waals surface area contributed by atoms with Crippen LogP contribution in [0.1, 0.15) is 31.2 Å². The van der Waals surface area contributed by atoms with Gasteiger partial charge in [-0.05, 0) is 48.6 Å². The van der Waals surface area contributed by atoms with Gasteiger partial charge in [0.25, 0.3) is 0 Å². The number of aliphatic imine (C=N–C) groups is 1. The summed E-state index contributed by atoms with van der Waals surface area (Å²) in [5, 5.41) is 11.0. The minimum absolute atomic E-state index is 0.0429. The SMILES string of the molecule is CCC(CC(O)(C=Nc1ccc(F)c2[nH]c(=O)ccc12)C(F)(F)F)c1cccc(Cl)c1OC. The van der Waals surface area contributed by atoms with E-state index in [1.54, 1.807) is 25.1 Å². The lowest BCUT2D eigenvalue weighted by molar-refractivity contribution is -0.232. The second-order valence-electron chi connectivity index (χ2n) is 7.53. The first kappa shape index (κ1) is 24.7. The Morgan fingerprint density at radius 1 is 1.21 bits per heavy atom. The third-order valence-electron chi connectivity index (χ3n) is 5.42. The summed E-state index contributed by atoms with van der Waals surface area (Å²) in [7, 11) is 1.36. The maximum atomic E-state index is 14.0. The fourth-order valence-corrected chi connectivity index (χ4v) is 3.90. The van der Waals surface area contributed by atoms with Gasteiger partial charge in [0.05, 0.1) is 23.3 Å². The Morgan fingerprint density at radius 2 is 1.94 bits per heavy atom. The van der Waals surface area contributed by atoms with E-state index in [0.29, 0.717) is 11.8 Å². The number of nitrogens with zero attached hydrogens (tertiary/aromatic N) is 1. The van der Waals surface area contributed by atoms with Crippen molar-refractivity contribution in [2.24, 2.45) is 4.99 Å². The molecule has 2 unspecified atom stereocenters. The second kappa shape index (κ2) is 9.52. The van der Waals surface area contributed by atoms with E-state index < -0.39 is 35.5 Å². The highest BCUT2D eigenvalue weighted by Crippen LogP contribution is 2.43. The predicted molar refractivity (Wildman–Crippen MR) is 119 cm³/mol. The van der Waals surface area contributed by atoms with Crippen LogP contribution in [0.15, 0.2) is 52.3 Å². The molecule has 0 amide bonds. The second-order valence-corrected chi connectivity index (χ2v) is 7.94. The number of halogens is 5. The number of nitrogens with one attached hydrogen (secondary N) is 1. The molecule has 33 heavy (non-hydrogen) atoms. The van der Waals surface area contributed by atoms with Gasteiger partial charge in [-0.2, -0.15) is 13.2 Å². The summed E-state index contributed by atoms with van der Waals surface area (Å²) in [5.41, 5.74) is -3.69. The molecule has 0 aliphatic heterocycles. The molecule has 0 spiro atoms. The highest BCUT2D eigenvalue weighted by molar-refractivity contribution is 6.32. The Kier molecular flexibility index (Phi) is 7.14. The van der Waals surface area contributed by atoms with Crippen LogP contribution in [-0.4, -0.2) is 35.2 Å². The molecule has 0 saturated carbocycles. The monoisotopic (exact) mass is 484 g/mol. The normalized spacial score (nSPS) is 15.0. The molecule has 2 atom stereocenters. The maximum Gasteiger partial charge on any atom is 0.422 e. The van der Waals surface area contributed by atoms with Crippen molar-refractivity contribution in [3.8, 4) is 5.75 Å². The van der Waals surface area contributed by atoms with Gasteiger partial charge in [-0.25, -0.2) is 4.39 Å². The van der Waals surface area contributed by atoms with Gasteiger partial charge in [0, 0.05) is 17.7 Å². The van der Waals surface area contributed by atoms with Crippen molar-refractivity contribution in [3.63, 3.8) is 0 Å². The zero-order valence-corrected chi connectivity index (χ0v) is 18.5. The van der Waals surface area contributed by atoms with Crippen LogP contribution in [0, 0.1) is 5.82 Å². The zero-order chi connectivity index (χ0) is 24.4. The van der Waals surface area contributed by atoms with Crippen molar-refractivity contribution >= 4 is 34.4 Å². The minimum Gasteiger partial charge on any atom is -0.495 e. The van der Waals surface area contributed by atoms with Crippen LogP contribution in [0.4, 0.5) is 23.2 Å². The molecule has 1 aromatic heterocycles. The van der Waals surface area contributed by atoms with E-state index in [4.69, 9.17) is 16.3 Å². The van der Waals surface area contributed by atoms with Crippen LogP contribution < -0.4 is 10.3 Å². The standard InChI is InChI=1S/C23H21ClF4N2O3/c1-3-13(14-5-4-6-16(24)21(14)33-2)11-22(32,23(26,27)28)12-29-18-9-8-17(25)20-15(18)7-10-19(31)30-20/h4-10,12-13,32H,3,11H2,1-2H3,(H,30,31). The smallest absolute Gasteiger partial charge is 0.422 e. The molecule has 10 heteroatoms. The molecular formula is C23H21ClF4N2O3. The van der Waals surface area contributed by atoms with Gasteiger partial charge >= 0.3 is 6.18 Å². The van der Waals surface area contributed by atoms with Crippen LogP contribution in [0.2, 0.25) is 5.02 Å². The van der Waals surface area contributed by atoms with Gasteiger partial charge < -0.3 is 14.8 Å². The van der Waals surface area contributed by atoms with Crippen LogP contribution in [0.25, 0.3) is 10.9 Å². The highest BCUT2D eigenvalue weighted by Gasteiger charge is 2.53. The van der Waals surface area contributed by atoms with Crippen molar-refractivity contribution in [1.29, 1.82) is 0 Å². The largest absolute Gasteiger partial charge is 0.495 e. The summed E-state index contributed by atoms with van der Waals surface area (Å²) in [5.74, 6) is -1.29. The van der Waals surface area contributed by atoms with E-state index >= 15 is 0 Å². The molecule has 3 aromatic rings. The molecule has 0 bridgehead atoms. The molecule has 0 fully saturated rings. The fraction of sp³-hybridized carbons (Fsp3) is 0.304. The van der Waals surface area contributed by atoms with Crippen molar-refractivity contribution in [3.05, 3.63) is 69.2 Å². The number of rotatable bonds is 7. The number of pyridine rings is 1. The number of para-hydroxylation sites is 1. The number of alkyl halides is 3. The molecule has 0 radical (unpaired) electrons. The quantitative estimate of drug-likeness (QED) is 0.323. The van der Waals surface area contributed by atoms with Crippen molar-refractivity contribution in [1.82, 2.24) is 4.98 Å². The van der Waals surface area contributed by atoms with Gasteiger partial charge in [-0.3, -0.25) is 9.79 Å². The molecule has 3 rings (SSSR count). The zero-order valence-electron chi connectivity index (χ0n) is 17.7. The lowest BCUT2D eigenvalue weighted by Crippen LogP contribution is -2.47.